The van der Waals surface area contributed by atoms with Gasteiger partial charge in [0, 0.05) is 6.92 Å². The van der Waals surface area contributed by atoms with Crippen molar-refractivity contribution in [1.82, 2.24) is 0 Å². The number of benzene rings is 1. The summed E-state index contributed by atoms with van der Waals surface area (Å²) in [6, 6.07) is 5.89. The van der Waals surface area contributed by atoms with Crippen LogP contribution in [-0.2, 0) is 9.53 Å². The van der Waals surface area contributed by atoms with Crippen LogP contribution in [0.25, 0.3) is 0 Å². The average molecular weight is 182 g/mol. The standard InChI is InChI=1S/C10H11FO2/c1-7(13-8(2)12)9-3-5-10(11)6-4-9/h3-7H,1-2H3/t7-/m1/s1. The molecule has 1 aromatic carbocycles. The third-order valence-electron chi connectivity index (χ3n) is 1.68. The van der Waals surface area contributed by atoms with Crippen molar-refractivity contribution in [2.24, 2.45) is 0 Å². The van der Waals surface area contributed by atoms with Crippen molar-refractivity contribution in [3.63, 3.8) is 0 Å². The van der Waals surface area contributed by atoms with E-state index in [2.05, 4.69) is 0 Å². The zero-order valence-electron chi connectivity index (χ0n) is 7.58. The maximum Gasteiger partial charge on any atom is 0.303 e. The largest absolute Gasteiger partial charge is 0.458 e. The van der Waals surface area contributed by atoms with Crippen LogP contribution in [-0.4, -0.2) is 5.97 Å². The van der Waals surface area contributed by atoms with Crippen LogP contribution in [0, 0.1) is 5.82 Å². The predicted molar refractivity (Wildman–Crippen MR) is 46.6 cm³/mol. The molecular weight excluding hydrogens is 171 g/mol. The van der Waals surface area contributed by atoms with Crippen LogP contribution >= 0.6 is 0 Å². The minimum absolute atomic E-state index is 0.293. The minimum Gasteiger partial charge on any atom is -0.458 e. The van der Waals surface area contributed by atoms with E-state index in [9.17, 15) is 9.18 Å². The van der Waals surface area contributed by atoms with E-state index < -0.39 is 0 Å². The van der Waals surface area contributed by atoms with Gasteiger partial charge in [0.15, 0.2) is 0 Å². The van der Waals surface area contributed by atoms with E-state index in [-0.39, 0.29) is 17.9 Å². The van der Waals surface area contributed by atoms with Gasteiger partial charge in [-0.15, -0.1) is 0 Å². The fraction of sp³-hybridized carbons (Fsp3) is 0.300. The molecule has 1 aromatic rings. The summed E-state index contributed by atoms with van der Waals surface area (Å²) in [5.41, 5.74) is 0.789. The van der Waals surface area contributed by atoms with Crippen LogP contribution in [0.2, 0.25) is 0 Å². The maximum atomic E-state index is 12.5. The second-order valence-electron chi connectivity index (χ2n) is 2.80. The first-order valence-corrected chi connectivity index (χ1v) is 4.02. The van der Waals surface area contributed by atoms with Crippen LogP contribution in [0.1, 0.15) is 25.5 Å². The minimum atomic E-state index is -0.336. The zero-order valence-corrected chi connectivity index (χ0v) is 7.58. The monoisotopic (exact) mass is 182 g/mol. The molecular formula is C10H11FO2. The van der Waals surface area contributed by atoms with Crippen molar-refractivity contribution < 1.29 is 13.9 Å². The molecule has 0 spiro atoms. The molecule has 0 N–H and O–H groups in total. The summed E-state index contributed by atoms with van der Waals surface area (Å²) in [6.07, 6.45) is -0.321. The van der Waals surface area contributed by atoms with Crippen LogP contribution in [0.15, 0.2) is 24.3 Å². The first-order valence-electron chi connectivity index (χ1n) is 4.02. The summed E-state index contributed by atoms with van der Waals surface area (Å²) < 4.78 is 17.4. The summed E-state index contributed by atoms with van der Waals surface area (Å²) >= 11 is 0. The Balaban J connectivity index is 2.71. The van der Waals surface area contributed by atoms with Gasteiger partial charge in [0.25, 0.3) is 0 Å². The second-order valence-corrected chi connectivity index (χ2v) is 2.80. The van der Waals surface area contributed by atoms with Crippen molar-refractivity contribution in [3.05, 3.63) is 35.6 Å². The van der Waals surface area contributed by atoms with E-state index in [0.29, 0.717) is 0 Å². The van der Waals surface area contributed by atoms with E-state index in [1.165, 1.54) is 19.1 Å². The Morgan fingerprint density at radius 1 is 1.38 bits per heavy atom. The summed E-state index contributed by atoms with van der Waals surface area (Å²) in [6.45, 7) is 3.09. The number of esters is 1. The summed E-state index contributed by atoms with van der Waals surface area (Å²) in [7, 11) is 0. The molecule has 3 heteroatoms. The molecule has 2 nitrogen and oxygen atoms in total. The third kappa shape index (κ3) is 2.86. The van der Waals surface area contributed by atoms with Crippen molar-refractivity contribution in [2.45, 2.75) is 20.0 Å². The van der Waals surface area contributed by atoms with E-state index in [0.717, 1.165) is 5.56 Å². The summed E-state index contributed by atoms with van der Waals surface area (Å²) in [4.78, 5) is 10.6. The molecule has 0 saturated heterocycles. The smallest absolute Gasteiger partial charge is 0.303 e. The molecule has 0 fully saturated rings. The fourth-order valence-corrected chi connectivity index (χ4v) is 1.05. The Hall–Kier alpha value is -1.38. The highest BCUT2D eigenvalue weighted by molar-refractivity contribution is 5.66. The highest BCUT2D eigenvalue weighted by Gasteiger charge is 2.07. The maximum absolute atomic E-state index is 12.5. The van der Waals surface area contributed by atoms with Gasteiger partial charge in [-0.1, -0.05) is 12.1 Å². The molecule has 0 saturated carbocycles. The van der Waals surface area contributed by atoms with Gasteiger partial charge in [-0.25, -0.2) is 4.39 Å². The number of hydrogen-bond donors (Lipinski definition) is 0. The molecule has 70 valence electrons. The Morgan fingerprint density at radius 2 is 1.92 bits per heavy atom. The summed E-state index contributed by atoms with van der Waals surface area (Å²) in [5.74, 6) is -0.629. The van der Waals surface area contributed by atoms with Gasteiger partial charge in [0.05, 0.1) is 0 Å². The van der Waals surface area contributed by atoms with Crippen LogP contribution in [0.4, 0.5) is 4.39 Å². The second kappa shape index (κ2) is 4.03. The molecule has 1 atom stereocenters. The number of halogens is 1. The van der Waals surface area contributed by atoms with Crippen molar-refractivity contribution in [2.75, 3.05) is 0 Å². The van der Waals surface area contributed by atoms with Gasteiger partial charge < -0.3 is 4.74 Å². The first-order chi connectivity index (χ1) is 6.09. The predicted octanol–water partition coefficient (Wildman–Crippen LogP) is 2.45. The molecule has 0 unspecified atom stereocenters. The van der Waals surface area contributed by atoms with Crippen molar-refractivity contribution in [3.8, 4) is 0 Å². The molecule has 0 radical (unpaired) electrons. The molecule has 0 aliphatic carbocycles. The van der Waals surface area contributed by atoms with Gasteiger partial charge in [0.1, 0.15) is 11.9 Å². The van der Waals surface area contributed by atoms with Crippen molar-refractivity contribution in [1.29, 1.82) is 0 Å². The normalized spacial score (nSPS) is 12.2. The lowest BCUT2D eigenvalue weighted by Crippen LogP contribution is -2.04. The SMILES string of the molecule is CC(=O)O[C@H](C)c1ccc(F)cc1. The lowest BCUT2D eigenvalue weighted by atomic mass is 10.1. The number of hydrogen-bond acceptors (Lipinski definition) is 2. The Labute approximate surface area is 76.3 Å². The van der Waals surface area contributed by atoms with E-state index in [4.69, 9.17) is 4.74 Å². The Bertz CT molecular complexity index is 292. The molecule has 1 rings (SSSR count). The number of rotatable bonds is 2. The Kier molecular flexibility index (Phi) is 3.01. The zero-order chi connectivity index (χ0) is 9.84. The van der Waals surface area contributed by atoms with Crippen LogP contribution in [0.5, 0.6) is 0 Å². The van der Waals surface area contributed by atoms with E-state index in [1.54, 1.807) is 19.1 Å². The quantitative estimate of drug-likeness (QED) is 0.656. The molecule has 0 aromatic heterocycles. The van der Waals surface area contributed by atoms with Crippen LogP contribution in [0.3, 0.4) is 0 Å². The number of carbonyl (C=O) groups is 1. The van der Waals surface area contributed by atoms with E-state index in [1.807, 2.05) is 0 Å². The van der Waals surface area contributed by atoms with Gasteiger partial charge in [0.2, 0.25) is 0 Å². The summed E-state index contributed by atoms with van der Waals surface area (Å²) in [5, 5.41) is 0. The molecule has 0 heterocycles. The van der Waals surface area contributed by atoms with Crippen molar-refractivity contribution >= 4 is 5.97 Å². The Morgan fingerprint density at radius 3 is 2.38 bits per heavy atom. The first kappa shape index (κ1) is 9.71. The fourth-order valence-electron chi connectivity index (χ4n) is 1.05. The van der Waals surface area contributed by atoms with Gasteiger partial charge >= 0.3 is 5.97 Å². The molecule has 0 amide bonds. The molecule has 13 heavy (non-hydrogen) atoms. The average Bonchev–Trinajstić information content (AvgIpc) is 2.04. The molecule has 0 bridgehead atoms. The lowest BCUT2D eigenvalue weighted by molar-refractivity contribution is -0.145. The third-order valence-corrected chi connectivity index (χ3v) is 1.68. The highest BCUT2D eigenvalue weighted by Crippen LogP contribution is 2.16. The number of ether oxygens (including phenoxy) is 1. The van der Waals surface area contributed by atoms with Gasteiger partial charge in [-0.2, -0.15) is 0 Å². The van der Waals surface area contributed by atoms with E-state index >= 15 is 0 Å². The molecule has 0 aliphatic rings. The highest BCUT2D eigenvalue weighted by atomic mass is 19.1. The topological polar surface area (TPSA) is 26.3 Å². The molecule has 0 aliphatic heterocycles. The lowest BCUT2D eigenvalue weighted by Gasteiger charge is -2.11. The van der Waals surface area contributed by atoms with Gasteiger partial charge in [-0.05, 0) is 24.6 Å². The van der Waals surface area contributed by atoms with Gasteiger partial charge in [-0.3, -0.25) is 4.79 Å². The number of carbonyl (C=O) groups excluding carboxylic acids is 1. The van der Waals surface area contributed by atoms with Crippen LogP contribution < -0.4 is 0 Å².